The minimum Gasteiger partial charge on any atom is -0.468 e. The van der Waals surface area contributed by atoms with Gasteiger partial charge in [0.25, 0.3) is 0 Å². The molecule has 0 aromatic rings. The van der Waals surface area contributed by atoms with E-state index in [1.807, 2.05) is 0 Å². The smallest absolute Gasteiger partial charge is 0.316 e. The molecule has 0 radical (unpaired) electrons. The zero-order valence-corrected chi connectivity index (χ0v) is 8.18. The maximum Gasteiger partial charge on any atom is 0.316 e. The van der Waals surface area contributed by atoms with Gasteiger partial charge in [-0.05, 0) is 30.6 Å². The maximum atomic E-state index is 11.3. The molecule has 2 bridgehead atoms. The fourth-order valence-corrected chi connectivity index (χ4v) is 2.70. The van der Waals surface area contributed by atoms with Gasteiger partial charge >= 0.3 is 5.97 Å². The molecule has 0 heterocycles. The van der Waals surface area contributed by atoms with Gasteiger partial charge in [-0.1, -0.05) is 12.2 Å². The molecule has 3 heteroatoms. The first-order valence-corrected chi connectivity index (χ1v) is 4.97. The zero-order chi connectivity index (χ0) is 10.1. The predicted molar refractivity (Wildman–Crippen MR) is 50.4 cm³/mol. The molecule has 2 rings (SSSR count). The summed E-state index contributed by atoms with van der Waals surface area (Å²) in [5.74, 6) is 0.229. The van der Waals surface area contributed by atoms with Crippen LogP contribution in [0.3, 0.4) is 0 Å². The lowest BCUT2D eigenvalue weighted by Gasteiger charge is -2.21. The van der Waals surface area contributed by atoms with E-state index in [9.17, 15) is 9.59 Å². The van der Waals surface area contributed by atoms with Crippen molar-refractivity contribution in [2.24, 2.45) is 23.7 Å². The van der Waals surface area contributed by atoms with Crippen molar-refractivity contribution in [1.82, 2.24) is 0 Å². The van der Waals surface area contributed by atoms with Gasteiger partial charge in [0, 0.05) is 0 Å². The lowest BCUT2D eigenvalue weighted by Crippen LogP contribution is -2.28. The summed E-state index contributed by atoms with van der Waals surface area (Å²) in [6.07, 6.45) is 7.13. The first kappa shape index (κ1) is 9.44. The molecule has 0 spiro atoms. The summed E-state index contributed by atoms with van der Waals surface area (Å²) in [6, 6.07) is 0. The largest absolute Gasteiger partial charge is 0.468 e. The average molecular weight is 194 g/mol. The second-order valence-corrected chi connectivity index (χ2v) is 4.13. The Morgan fingerprint density at radius 3 is 2.71 bits per heavy atom. The molecule has 4 unspecified atom stereocenters. The van der Waals surface area contributed by atoms with Crippen LogP contribution < -0.4 is 0 Å². The Morgan fingerprint density at radius 2 is 2.29 bits per heavy atom. The molecule has 3 nitrogen and oxygen atoms in total. The highest BCUT2D eigenvalue weighted by atomic mass is 16.5. The number of esters is 1. The number of rotatable bonds is 3. The fourth-order valence-electron chi connectivity index (χ4n) is 2.70. The number of carbonyl (C=O) groups excluding carboxylic acids is 2. The number of fused-ring (bicyclic) bond motifs is 2. The quantitative estimate of drug-likeness (QED) is 0.293. The molecule has 1 fully saturated rings. The Bertz CT molecular complexity index is 282. The van der Waals surface area contributed by atoms with Crippen LogP contribution in [-0.4, -0.2) is 19.4 Å². The summed E-state index contributed by atoms with van der Waals surface area (Å²) >= 11 is 0. The van der Waals surface area contributed by atoms with Crippen LogP contribution >= 0.6 is 0 Å². The Hall–Kier alpha value is -1.12. The minimum absolute atomic E-state index is 0.176. The SMILES string of the molecule is COC(=O)C(C=O)C1CC2C=CC1C2. The first-order valence-electron chi connectivity index (χ1n) is 4.97. The lowest BCUT2D eigenvalue weighted by atomic mass is 9.83. The monoisotopic (exact) mass is 194 g/mol. The van der Waals surface area contributed by atoms with Crippen molar-refractivity contribution in [2.75, 3.05) is 7.11 Å². The topological polar surface area (TPSA) is 43.4 Å². The van der Waals surface area contributed by atoms with Gasteiger partial charge in [-0.25, -0.2) is 0 Å². The molecular weight excluding hydrogens is 180 g/mol. The van der Waals surface area contributed by atoms with E-state index in [-0.39, 0.29) is 11.9 Å². The number of hydrogen-bond donors (Lipinski definition) is 0. The highest BCUT2D eigenvalue weighted by Crippen LogP contribution is 2.46. The molecule has 0 aliphatic heterocycles. The van der Waals surface area contributed by atoms with E-state index < -0.39 is 5.92 Å². The molecule has 0 saturated heterocycles. The Morgan fingerprint density at radius 1 is 1.50 bits per heavy atom. The van der Waals surface area contributed by atoms with Crippen molar-refractivity contribution in [3.05, 3.63) is 12.2 Å². The van der Waals surface area contributed by atoms with Crippen LogP contribution in [0.1, 0.15) is 12.8 Å². The van der Waals surface area contributed by atoms with Gasteiger partial charge in [-0.3, -0.25) is 4.79 Å². The van der Waals surface area contributed by atoms with Gasteiger partial charge in [-0.2, -0.15) is 0 Å². The van der Waals surface area contributed by atoms with Crippen LogP contribution in [0, 0.1) is 23.7 Å². The lowest BCUT2D eigenvalue weighted by molar-refractivity contribution is -0.149. The van der Waals surface area contributed by atoms with Crippen molar-refractivity contribution < 1.29 is 14.3 Å². The standard InChI is InChI=1S/C11H14O3/c1-14-11(13)10(6-12)9-5-7-2-3-8(9)4-7/h2-3,6-10H,4-5H2,1H3. The number of allylic oxidation sites excluding steroid dienone is 2. The zero-order valence-electron chi connectivity index (χ0n) is 8.18. The molecular formula is C11H14O3. The molecule has 4 atom stereocenters. The fraction of sp³-hybridized carbons (Fsp3) is 0.636. The molecule has 0 amide bonds. The number of methoxy groups -OCH3 is 1. The third kappa shape index (κ3) is 1.37. The Labute approximate surface area is 83.1 Å². The van der Waals surface area contributed by atoms with Crippen LogP contribution in [0.2, 0.25) is 0 Å². The molecule has 1 saturated carbocycles. The molecule has 0 N–H and O–H groups in total. The second-order valence-electron chi connectivity index (χ2n) is 4.13. The number of ether oxygens (including phenoxy) is 1. The van der Waals surface area contributed by atoms with E-state index >= 15 is 0 Å². The molecule has 76 valence electrons. The first-order chi connectivity index (χ1) is 6.76. The second kappa shape index (κ2) is 3.56. The highest BCUT2D eigenvalue weighted by Gasteiger charge is 2.42. The molecule has 2 aliphatic carbocycles. The Balaban J connectivity index is 2.10. The van der Waals surface area contributed by atoms with E-state index in [1.54, 1.807) is 0 Å². The Kier molecular flexibility index (Phi) is 2.40. The summed E-state index contributed by atoms with van der Waals surface area (Å²) in [7, 11) is 1.34. The third-order valence-electron chi connectivity index (χ3n) is 3.41. The van der Waals surface area contributed by atoms with Gasteiger partial charge < -0.3 is 9.53 Å². The van der Waals surface area contributed by atoms with E-state index in [2.05, 4.69) is 16.9 Å². The van der Waals surface area contributed by atoms with Crippen LogP contribution in [0.25, 0.3) is 0 Å². The summed E-state index contributed by atoms with van der Waals surface area (Å²) in [6.45, 7) is 0. The molecule has 0 aromatic carbocycles. The number of aldehydes is 1. The summed E-state index contributed by atoms with van der Waals surface area (Å²) < 4.78 is 4.63. The van der Waals surface area contributed by atoms with Gasteiger partial charge in [0.1, 0.15) is 12.2 Å². The van der Waals surface area contributed by atoms with E-state index in [4.69, 9.17) is 0 Å². The van der Waals surface area contributed by atoms with Crippen molar-refractivity contribution in [1.29, 1.82) is 0 Å². The van der Waals surface area contributed by atoms with Crippen LogP contribution in [-0.2, 0) is 14.3 Å². The van der Waals surface area contributed by atoms with Crippen molar-refractivity contribution in [3.8, 4) is 0 Å². The van der Waals surface area contributed by atoms with Crippen molar-refractivity contribution >= 4 is 12.3 Å². The highest BCUT2D eigenvalue weighted by molar-refractivity contribution is 5.88. The van der Waals surface area contributed by atoms with Crippen LogP contribution in [0.15, 0.2) is 12.2 Å². The molecule has 0 aromatic heterocycles. The van der Waals surface area contributed by atoms with Crippen molar-refractivity contribution in [3.63, 3.8) is 0 Å². The maximum absolute atomic E-state index is 11.3. The van der Waals surface area contributed by atoms with Crippen LogP contribution in [0.4, 0.5) is 0 Å². The average Bonchev–Trinajstić information content (AvgIpc) is 2.80. The van der Waals surface area contributed by atoms with E-state index in [0.29, 0.717) is 11.8 Å². The molecule has 14 heavy (non-hydrogen) atoms. The van der Waals surface area contributed by atoms with Gasteiger partial charge in [0.05, 0.1) is 7.11 Å². The third-order valence-corrected chi connectivity index (χ3v) is 3.41. The number of hydrogen-bond acceptors (Lipinski definition) is 3. The van der Waals surface area contributed by atoms with Gasteiger partial charge in [0.2, 0.25) is 0 Å². The summed E-state index contributed by atoms with van der Waals surface area (Å²) in [5.41, 5.74) is 0. The number of carbonyl (C=O) groups is 2. The minimum atomic E-state index is -0.556. The van der Waals surface area contributed by atoms with Gasteiger partial charge in [-0.15, -0.1) is 0 Å². The summed E-state index contributed by atoms with van der Waals surface area (Å²) in [4.78, 5) is 22.2. The van der Waals surface area contributed by atoms with Gasteiger partial charge in [0.15, 0.2) is 0 Å². The van der Waals surface area contributed by atoms with Crippen LogP contribution in [0.5, 0.6) is 0 Å². The predicted octanol–water partition coefficient (Wildman–Crippen LogP) is 1.19. The summed E-state index contributed by atoms with van der Waals surface area (Å²) in [5, 5.41) is 0. The molecule has 2 aliphatic rings. The normalized spacial score (nSPS) is 35.6. The van der Waals surface area contributed by atoms with E-state index in [1.165, 1.54) is 7.11 Å². The van der Waals surface area contributed by atoms with E-state index in [0.717, 1.165) is 19.1 Å². The van der Waals surface area contributed by atoms with Crippen molar-refractivity contribution in [2.45, 2.75) is 12.8 Å².